The van der Waals surface area contributed by atoms with Crippen molar-refractivity contribution in [1.82, 2.24) is 10.0 Å². The first-order chi connectivity index (χ1) is 10.1. The molecule has 0 aliphatic rings. The number of rotatable bonds is 6. The van der Waals surface area contributed by atoms with Crippen molar-refractivity contribution in [3.63, 3.8) is 0 Å². The second kappa shape index (κ2) is 7.17. The zero-order valence-electron chi connectivity index (χ0n) is 12.8. The van der Waals surface area contributed by atoms with Crippen molar-refractivity contribution in [2.75, 3.05) is 13.2 Å². The van der Waals surface area contributed by atoms with Crippen LogP contribution in [0.1, 0.15) is 37.6 Å². The van der Waals surface area contributed by atoms with Gasteiger partial charge in [-0.05, 0) is 45.4 Å². The summed E-state index contributed by atoms with van der Waals surface area (Å²) in [6.07, 6.45) is 0.379. The number of carbonyl (C=O) groups is 1. The van der Waals surface area contributed by atoms with Gasteiger partial charge in [0.25, 0.3) is 5.91 Å². The summed E-state index contributed by atoms with van der Waals surface area (Å²) >= 11 is 0. The van der Waals surface area contributed by atoms with Gasteiger partial charge in [-0.1, -0.05) is 0 Å². The molecule has 1 aromatic rings. The van der Waals surface area contributed by atoms with E-state index in [1.807, 2.05) is 0 Å². The molecule has 1 amide bonds. The second-order valence-corrected chi connectivity index (χ2v) is 7.48. The standard InChI is InChI=1S/C14H21FN2O4S/c1-14(2,3)17-22(20,21)12-9-10(5-6-11(12)15)13(19)16-7-4-8-18/h5-6,9,17-18H,4,7-8H2,1-3H3,(H,16,19). The predicted octanol–water partition coefficient (Wildman–Crippen LogP) is 1.01. The van der Waals surface area contributed by atoms with Crippen LogP contribution >= 0.6 is 0 Å². The normalized spacial score (nSPS) is 12.2. The molecule has 3 N–H and O–H groups in total. The third-order valence-corrected chi connectivity index (χ3v) is 4.32. The van der Waals surface area contributed by atoms with Crippen LogP contribution in [-0.4, -0.2) is 38.1 Å². The molecule has 22 heavy (non-hydrogen) atoms. The van der Waals surface area contributed by atoms with Gasteiger partial charge in [-0.3, -0.25) is 4.79 Å². The van der Waals surface area contributed by atoms with Crippen molar-refractivity contribution in [2.45, 2.75) is 37.6 Å². The smallest absolute Gasteiger partial charge is 0.251 e. The molecule has 0 radical (unpaired) electrons. The zero-order valence-corrected chi connectivity index (χ0v) is 13.6. The first-order valence-electron chi connectivity index (χ1n) is 6.79. The van der Waals surface area contributed by atoms with E-state index in [9.17, 15) is 17.6 Å². The van der Waals surface area contributed by atoms with E-state index < -0.39 is 32.2 Å². The number of aliphatic hydroxyl groups excluding tert-OH is 1. The summed E-state index contributed by atoms with van der Waals surface area (Å²) in [5.74, 6) is -1.45. The lowest BCUT2D eigenvalue weighted by atomic mass is 10.1. The molecule has 0 spiro atoms. The number of nitrogens with one attached hydrogen (secondary N) is 2. The Hall–Kier alpha value is -1.51. The van der Waals surface area contributed by atoms with Crippen molar-refractivity contribution in [3.05, 3.63) is 29.6 Å². The molecule has 124 valence electrons. The SMILES string of the molecule is CC(C)(C)NS(=O)(=O)c1cc(C(=O)NCCCO)ccc1F. The molecule has 0 heterocycles. The molecule has 1 aromatic carbocycles. The number of amides is 1. The van der Waals surface area contributed by atoms with Crippen LogP contribution in [0.25, 0.3) is 0 Å². The first kappa shape index (κ1) is 18.5. The summed E-state index contributed by atoms with van der Waals surface area (Å²) in [6.45, 7) is 5.07. The van der Waals surface area contributed by atoms with Crippen molar-refractivity contribution < 1.29 is 22.7 Å². The van der Waals surface area contributed by atoms with Gasteiger partial charge in [0.1, 0.15) is 10.7 Å². The molecule has 8 heteroatoms. The maximum Gasteiger partial charge on any atom is 0.251 e. The average Bonchev–Trinajstić information content (AvgIpc) is 2.36. The lowest BCUT2D eigenvalue weighted by molar-refractivity contribution is 0.0951. The fraction of sp³-hybridized carbons (Fsp3) is 0.500. The number of aliphatic hydroxyl groups is 1. The fourth-order valence-electron chi connectivity index (χ4n) is 1.69. The number of benzene rings is 1. The summed E-state index contributed by atoms with van der Waals surface area (Å²) in [4.78, 5) is 11.3. The number of carbonyl (C=O) groups excluding carboxylic acids is 1. The molecular formula is C14H21FN2O4S. The van der Waals surface area contributed by atoms with Crippen molar-refractivity contribution in [2.24, 2.45) is 0 Å². The van der Waals surface area contributed by atoms with Gasteiger partial charge in [0.15, 0.2) is 0 Å². The van der Waals surface area contributed by atoms with E-state index in [2.05, 4.69) is 10.0 Å². The number of hydrogen-bond acceptors (Lipinski definition) is 4. The summed E-state index contributed by atoms with van der Waals surface area (Å²) in [5.41, 5.74) is -0.737. The topological polar surface area (TPSA) is 95.5 Å². The van der Waals surface area contributed by atoms with Crippen LogP contribution in [0.3, 0.4) is 0 Å². The van der Waals surface area contributed by atoms with Gasteiger partial charge in [0.05, 0.1) is 0 Å². The van der Waals surface area contributed by atoms with Crippen LogP contribution in [-0.2, 0) is 10.0 Å². The molecule has 0 bridgehead atoms. The first-order valence-corrected chi connectivity index (χ1v) is 8.28. The maximum absolute atomic E-state index is 13.8. The summed E-state index contributed by atoms with van der Waals surface area (Å²) in [7, 11) is -4.07. The molecule has 0 aliphatic carbocycles. The Labute approximate surface area is 129 Å². The van der Waals surface area contributed by atoms with Crippen LogP contribution < -0.4 is 10.0 Å². The van der Waals surface area contributed by atoms with Crippen molar-refractivity contribution >= 4 is 15.9 Å². The van der Waals surface area contributed by atoms with E-state index in [1.165, 1.54) is 6.07 Å². The predicted molar refractivity (Wildman–Crippen MR) is 80.5 cm³/mol. The Kier molecular flexibility index (Phi) is 6.04. The van der Waals surface area contributed by atoms with Crippen molar-refractivity contribution in [1.29, 1.82) is 0 Å². The van der Waals surface area contributed by atoms with Crippen LogP contribution in [0.2, 0.25) is 0 Å². The van der Waals surface area contributed by atoms with Gasteiger partial charge >= 0.3 is 0 Å². The number of sulfonamides is 1. The minimum absolute atomic E-state index is 0.0358. The minimum atomic E-state index is -4.07. The molecule has 0 atom stereocenters. The van der Waals surface area contributed by atoms with Gasteiger partial charge in [-0.25, -0.2) is 17.5 Å². The quantitative estimate of drug-likeness (QED) is 0.678. The largest absolute Gasteiger partial charge is 0.396 e. The summed E-state index contributed by atoms with van der Waals surface area (Å²) in [5, 5.41) is 11.2. The van der Waals surface area contributed by atoms with Crippen LogP contribution in [0, 0.1) is 5.82 Å². The highest BCUT2D eigenvalue weighted by Crippen LogP contribution is 2.18. The molecule has 1 rings (SSSR count). The number of hydrogen-bond donors (Lipinski definition) is 3. The van der Waals surface area contributed by atoms with Crippen molar-refractivity contribution in [3.8, 4) is 0 Å². The van der Waals surface area contributed by atoms with E-state index in [0.29, 0.717) is 6.42 Å². The third-order valence-electron chi connectivity index (χ3n) is 2.54. The highest BCUT2D eigenvalue weighted by atomic mass is 32.2. The molecule has 0 saturated carbocycles. The van der Waals surface area contributed by atoms with Crippen LogP contribution in [0.15, 0.2) is 23.1 Å². The lowest BCUT2D eigenvalue weighted by Gasteiger charge is -2.20. The molecule has 0 aliphatic heterocycles. The van der Waals surface area contributed by atoms with E-state index in [1.54, 1.807) is 20.8 Å². The van der Waals surface area contributed by atoms with Gasteiger partial charge in [-0.15, -0.1) is 0 Å². The molecule has 0 aromatic heterocycles. The monoisotopic (exact) mass is 332 g/mol. The van der Waals surface area contributed by atoms with E-state index in [0.717, 1.165) is 12.1 Å². The van der Waals surface area contributed by atoms with Gasteiger partial charge in [-0.2, -0.15) is 0 Å². The van der Waals surface area contributed by atoms with Gasteiger partial charge in [0.2, 0.25) is 10.0 Å². The van der Waals surface area contributed by atoms with E-state index in [4.69, 9.17) is 5.11 Å². The van der Waals surface area contributed by atoms with E-state index >= 15 is 0 Å². The molecule has 0 unspecified atom stereocenters. The van der Waals surface area contributed by atoms with Crippen LogP contribution in [0.4, 0.5) is 4.39 Å². The lowest BCUT2D eigenvalue weighted by Crippen LogP contribution is -2.40. The Balaban J connectivity index is 3.07. The molecule has 6 nitrogen and oxygen atoms in total. The summed E-state index contributed by atoms with van der Waals surface area (Å²) in [6, 6.07) is 3.15. The Morgan fingerprint density at radius 1 is 1.32 bits per heavy atom. The summed E-state index contributed by atoms with van der Waals surface area (Å²) < 4.78 is 40.5. The molecule has 0 saturated heterocycles. The van der Waals surface area contributed by atoms with Gasteiger partial charge in [0, 0.05) is 24.3 Å². The average molecular weight is 332 g/mol. The second-order valence-electron chi connectivity index (χ2n) is 5.83. The van der Waals surface area contributed by atoms with Gasteiger partial charge < -0.3 is 10.4 Å². The number of halogens is 1. The minimum Gasteiger partial charge on any atom is -0.396 e. The Bertz CT molecular complexity index is 639. The highest BCUT2D eigenvalue weighted by molar-refractivity contribution is 7.89. The molecular weight excluding hydrogens is 311 g/mol. The zero-order chi connectivity index (χ0) is 17.0. The molecule has 0 fully saturated rings. The highest BCUT2D eigenvalue weighted by Gasteiger charge is 2.26. The Morgan fingerprint density at radius 2 is 1.95 bits per heavy atom. The maximum atomic E-state index is 13.8. The third kappa shape index (κ3) is 5.36. The fourth-order valence-corrected chi connectivity index (χ4v) is 3.21. The Morgan fingerprint density at radius 3 is 2.50 bits per heavy atom. The van der Waals surface area contributed by atoms with Crippen LogP contribution in [0.5, 0.6) is 0 Å². The van der Waals surface area contributed by atoms with E-state index in [-0.39, 0.29) is 18.7 Å².